The van der Waals surface area contributed by atoms with Gasteiger partial charge in [0.05, 0.1) is 19.4 Å². The number of hydrogen-bond acceptors (Lipinski definition) is 6. The van der Waals surface area contributed by atoms with Crippen molar-refractivity contribution < 1.29 is 9.53 Å². The van der Waals surface area contributed by atoms with Gasteiger partial charge in [0, 0.05) is 60.4 Å². The van der Waals surface area contributed by atoms with Crippen molar-refractivity contribution in [2.45, 2.75) is 0 Å². The van der Waals surface area contributed by atoms with Crippen LogP contribution < -0.4 is 10.6 Å². The van der Waals surface area contributed by atoms with Crippen LogP contribution in [0.5, 0.6) is 0 Å². The molecule has 1 aliphatic rings. The van der Waals surface area contributed by atoms with Crippen molar-refractivity contribution in [2.75, 3.05) is 44.7 Å². The maximum absolute atomic E-state index is 12.8. The summed E-state index contributed by atoms with van der Waals surface area (Å²) in [6, 6.07) is 15.0. The zero-order valence-corrected chi connectivity index (χ0v) is 19.3. The molecule has 5 rings (SSSR count). The Morgan fingerprint density at radius 3 is 2.76 bits per heavy atom. The highest BCUT2D eigenvalue weighted by Crippen LogP contribution is 2.31. The lowest BCUT2D eigenvalue weighted by atomic mass is 10.1. The summed E-state index contributed by atoms with van der Waals surface area (Å²) in [5.74, 6) is 0.682. The van der Waals surface area contributed by atoms with E-state index >= 15 is 0 Å². The summed E-state index contributed by atoms with van der Waals surface area (Å²) in [5.41, 5.74) is 3.79. The van der Waals surface area contributed by atoms with Gasteiger partial charge in [-0.05, 0) is 30.3 Å². The Kier molecular flexibility index (Phi) is 6.71. The molecule has 0 saturated carbocycles. The molecule has 0 bridgehead atoms. The molecule has 4 aromatic rings. The highest BCUT2D eigenvalue weighted by molar-refractivity contribution is 6.30. The average molecular weight is 477 g/mol. The van der Waals surface area contributed by atoms with Crippen molar-refractivity contribution >= 4 is 34.7 Å². The van der Waals surface area contributed by atoms with Gasteiger partial charge >= 0.3 is 0 Å². The molecule has 1 aliphatic heterocycles. The van der Waals surface area contributed by atoms with Crippen LogP contribution in [-0.4, -0.2) is 64.6 Å². The van der Waals surface area contributed by atoms with E-state index in [0.717, 1.165) is 55.6 Å². The molecule has 2 aromatic carbocycles. The molecular weight excluding hydrogens is 452 g/mol. The van der Waals surface area contributed by atoms with Crippen LogP contribution in [0.2, 0.25) is 5.02 Å². The summed E-state index contributed by atoms with van der Waals surface area (Å²) < 4.78 is 7.31. The summed E-state index contributed by atoms with van der Waals surface area (Å²) >= 11 is 6.08. The lowest BCUT2D eigenvalue weighted by Crippen LogP contribution is -2.41. The maximum atomic E-state index is 12.8. The van der Waals surface area contributed by atoms with E-state index in [-0.39, 0.29) is 5.91 Å². The summed E-state index contributed by atoms with van der Waals surface area (Å²) in [6.45, 7) is 4.71. The van der Waals surface area contributed by atoms with E-state index < -0.39 is 0 Å². The van der Waals surface area contributed by atoms with E-state index in [0.29, 0.717) is 22.8 Å². The second kappa shape index (κ2) is 10.2. The van der Waals surface area contributed by atoms with Gasteiger partial charge < -0.3 is 15.4 Å². The van der Waals surface area contributed by atoms with Crippen molar-refractivity contribution in [1.29, 1.82) is 0 Å². The molecule has 0 spiro atoms. The van der Waals surface area contributed by atoms with Crippen LogP contribution in [0.15, 0.2) is 67.1 Å². The van der Waals surface area contributed by atoms with E-state index in [1.165, 1.54) is 0 Å². The van der Waals surface area contributed by atoms with Gasteiger partial charge in [0.1, 0.15) is 11.5 Å². The Morgan fingerprint density at radius 1 is 1.12 bits per heavy atom. The van der Waals surface area contributed by atoms with E-state index in [4.69, 9.17) is 21.3 Å². The number of nitrogens with zero attached hydrogens (tertiary/aromatic N) is 4. The van der Waals surface area contributed by atoms with Crippen LogP contribution >= 0.6 is 11.6 Å². The SMILES string of the molecule is O=C(NCCN1CCOCC1)c1cccc(Nc2c(-c3ccc(Cl)cc3)nc3cnccn23)c1. The second-order valence-electron chi connectivity index (χ2n) is 8.04. The van der Waals surface area contributed by atoms with Crippen molar-refractivity contribution in [3.05, 3.63) is 77.7 Å². The fourth-order valence-corrected chi connectivity index (χ4v) is 4.09. The number of imidazole rings is 1. The summed E-state index contributed by atoms with van der Waals surface area (Å²) in [5, 5.41) is 7.13. The number of nitrogens with one attached hydrogen (secondary N) is 2. The topological polar surface area (TPSA) is 83.8 Å². The Bertz CT molecular complexity index is 1280. The van der Waals surface area contributed by atoms with Gasteiger partial charge in [0.2, 0.25) is 0 Å². The minimum absolute atomic E-state index is 0.0998. The molecule has 2 aromatic heterocycles. The zero-order chi connectivity index (χ0) is 23.3. The van der Waals surface area contributed by atoms with Gasteiger partial charge in [0.15, 0.2) is 5.65 Å². The first-order valence-electron chi connectivity index (χ1n) is 11.2. The Morgan fingerprint density at radius 2 is 1.94 bits per heavy atom. The molecule has 34 heavy (non-hydrogen) atoms. The molecule has 3 heterocycles. The van der Waals surface area contributed by atoms with Crippen LogP contribution in [0.4, 0.5) is 11.5 Å². The first kappa shape index (κ1) is 22.3. The Labute approximate surface area is 202 Å². The number of fused-ring (bicyclic) bond motifs is 1. The third-order valence-electron chi connectivity index (χ3n) is 5.75. The molecule has 174 valence electrons. The fourth-order valence-electron chi connectivity index (χ4n) is 3.96. The van der Waals surface area contributed by atoms with Gasteiger partial charge in [-0.25, -0.2) is 4.98 Å². The van der Waals surface area contributed by atoms with Crippen LogP contribution in [0.25, 0.3) is 16.9 Å². The maximum Gasteiger partial charge on any atom is 0.251 e. The lowest BCUT2D eigenvalue weighted by Gasteiger charge is -2.26. The Balaban J connectivity index is 1.35. The molecule has 0 aliphatic carbocycles. The molecule has 0 atom stereocenters. The normalized spacial score (nSPS) is 14.3. The smallest absolute Gasteiger partial charge is 0.251 e. The minimum atomic E-state index is -0.0998. The number of aromatic nitrogens is 3. The van der Waals surface area contributed by atoms with Crippen molar-refractivity contribution in [3.63, 3.8) is 0 Å². The van der Waals surface area contributed by atoms with Gasteiger partial charge in [0.25, 0.3) is 5.91 Å². The van der Waals surface area contributed by atoms with Crippen molar-refractivity contribution in [1.82, 2.24) is 24.6 Å². The van der Waals surface area contributed by atoms with Crippen molar-refractivity contribution in [3.8, 4) is 11.3 Å². The number of ether oxygens (including phenoxy) is 1. The van der Waals surface area contributed by atoms with Crippen LogP contribution in [0.3, 0.4) is 0 Å². The Hall–Kier alpha value is -3.46. The zero-order valence-electron chi connectivity index (χ0n) is 18.6. The van der Waals surface area contributed by atoms with Gasteiger partial charge in [-0.1, -0.05) is 29.8 Å². The van der Waals surface area contributed by atoms with E-state index in [1.807, 2.05) is 59.1 Å². The summed E-state index contributed by atoms with van der Waals surface area (Å²) in [4.78, 5) is 24.0. The van der Waals surface area contributed by atoms with Crippen LogP contribution in [-0.2, 0) is 4.74 Å². The van der Waals surface area contributed by atoms with E-state index in [1.54, 1.807) is 12.4 Å². The lowest BCUT2D eigenvalue weighted by molar-refractivity contribution is 0.0383. The number of amides is 1. The quantitative estimate of drug-likeness (QED) is 0.421. The summed E-state index contributed by atoms with van der Waals surface area (Å²) in [7, 11) is 0. The first-order chi connectivity index (χ1) is 16.7. The molecule has 0 unspecified atom stereocenters. The second-order valence-corrected chi connectivity index (χ2v) is 8.47. The molecule has 1 fully saturated rings. The minimum Gasteiger partial charge on any atom is -0.379 e. The highest BCUT2D eigenvalue weighted by Gasteiger charge is 2.16. The van der Waals surface area contributed by atoms with Crippen molar-refractivity contribution in [2.24, 2.45) is 0 Å². The van der Waals surface area contributed by atoms with Crippen LogP contribution in [0, 0.1) is 0 Å². The van der Waals surface area contributed by atoms with Crippen LogP contribution in [0.1, 0.15) is 10.4 Å². The summed E-state index contributed by atoms with van der Waals surface area (Å²) in [6.07, 6.45) is 5.28. The number of hydrogen-bond donors (Lipinski definition) is 2. The standard InChI is InChI=1S/C25H25ClN6O2/c26-20-6-4-18(5-7-20)23-24(32-11-8-27-17-22(32)30-23)29-21-3-1-2-19(16-21)25(33)28-9-10-31-12-14-34-15-13-31/h1-8,11,16-17,29H,9-10,12-15H2,(H,28,33). The van der Waals surface area contributed by atoms with Gasteiger partial charge in [-0.15, -0.1) is 0 Å². The third-order valence-corrected chi connectivity index (χ3v) is 6.00. The predicted molar refractivity (Wildman–Crippen MR) is 133 cm³/mol. The molecule has 9 heteroatoms. The number of carbonyl (C=O) groups excluding carboxylic acids is 1. The van der Waals surface area contributed by atoms with E-state index in [2.05, 4.69) is 20.5 Å². The van der Waals surface area contributed by atoms with E-state index in [9.17, 15) is 4.79 Å². The van der Waals surface area contributed by atoms with Gasteiger partial charge in [-0.2, -0.15) is 0 Å². The number of carbonyl (C=O) groups is 1. The predicted octanol–water partition coefficient (Wildman–Crippen LogP) is 3.86. The van der Waals surface area contributed by atoms with Gasteiger partial charge in [-0.3, -0.25) is 19.1 Å². The number of rotatable bonds is 7. The number of anilines is 2. The monoisotopic (exact) mass is 476 g/mol. The molecule has 0 radical (unpaired) electrons. The molecule has 1 saturated heterocycles. The molecule has 2 N–H and O–H groups in total. The highest BCUT2D eigenvalue weighted by atomic mass is 35.5. The largest absolute Gasteiger partial charge is 0.379 e. The molecule has 8 nitrogen and oxygen atoms in total. The fraction of sp³-hybridized carbons (Fsp3) is 0.240. The number of benzene rings is 2. The average Bonchev–Trinajstić information content (AvgIpc) is 3.23. The molecule has 1 amide bonds. The molecular formula is C25H25ClN6O2. The third kappa shape index (κ3) is 5.04. The number of morpholine rings is 1. The first-order valence-corrected chi connectivity index (χ1v) is 11.6. The number of halogens is 1.